The van der Waals surface area contributed by atoms with Gasteiger partial charge in [-0.3, -0.25) is 4.79 Å². The first-order chi connectivity index (χ1) is 11.4. The van der Waals surface area contributed by atoms with Gasteiger partial charge in [0.15, 0.2) is 0 Å². The van der Waals surface area contributed by atoms with E-state index in [9.17, 15) is 9.90 Å². The second-order valence-corrected chi connectivity index (χ2v) is 6.62. The zero-order chi connectivity index (χ0) is 17.5. The number of aliphatic hydroxyl groups excluding tert-OH is 1. The molecule has 0 saturated carbocycles. The quantitative estimate of drug-likeness (QED) is 0.896. The van der Waals surface area contributed by atoms with Crippen molar-refractivity contribution in [2.24, 2.45) is 0 Å². The fraction of sp³-hybridized carbons (Fsp3) is 0.421. The maximum absolute atomic E-state index is 12.7. The lowest BCUT2D eigenvalue weighted by Gasteiger charge is -2.37. The first-order valence-electron chi connectivity index (χ1n) is 8.21. The summed E-state index contributed by atoms with van der Waals surface area (Å²) in [5.41, 5.74) is 3.42. The molecule has 24 heavy (non-hydrogen) atoms. The maximum atomic E-state index is 12.7. The minimum atomic E-state index is -0.683. The fourth-order valence-corrected chi connectivity index (χ4v) is 3.83. The van der Waals surface area contributed by atoms with Crippen LogP contribution in [0, 0.1) is 13.8 Å². The van der Waals surface area contributed by atoms with E-state index in [-0.39, 0.29) is 11.7 Å². The molecule has 2 N–H and O–H groups in total. The molecule has 1 amide bonds. The molecule has 1 fully saturated rings. The Hall–Kier alpha value is -2.11. The van der Waals surface area contributed by atoms with Gasteiger partial charge < -0.3 is 15.3 Å². The Morgan fingerprint density at radius 3 is 2.58 bits per heavy atom. The second-order valence-electron chi connectivity index (χ2n) is 6.62. The van der Waals surface area contributed by atoms with Gasteiger partial charge in [-0.25, -0.2) is 0 Å². The Morgan fingerprint density at radius 2 is 2.00 bits per heavy atom. The summed E-state index contributed by atoms with van der Waals surface area (Å²) in [6, 6.07) is 4.01. The van der Waals surface area contributed by atoms with Crippen LogP contribution in [0.5, 0.6) is 0 Å². The third-order valence-electron chi connectivity index (χ3n) is 5.08. The predicted molar refractivity (Wildman–Crippen MR) is 94.2 cm³/mol. The lowest BCUT2D eigenvalue weighted by molar-refractivity contribution is -0.152. The van der Waals surface area contributed by atoms with E-state index in [1.807, 2.05) is 31.0 Å². The van der Waals surface area contributed by atoms with E-state index in [2.05, 4.69) is 11.9 Å². The van der Waals surface area contributed by atoms with Gasteiger partial charge in [0.05, 0.1) is 12.7 Å². The molecule has 0 aromatic heterocycles. The second kappa shape index (κ2) is 6.07. The highest BCUT2D eigenvalue weighted by Gasteiger charge is 2.48. The summed E-state index contributed by atoms with van der Waals surface area (Å²) in [6.45, 7) is 9.15. The van der Waals surface area contributed by atoms with Crippen LogP contribution in [-0.4, -0.2) is 41.8 Å². The highest BCUT2D eigenvalue weighted by molar-refractivity contribution is 6.24. The summed E-state index contributed by atoms with van der Waals surface area (Å²) in [4.78, 5) is 18.0. The van der Waals surface area contributed by atoms with E-state index in [0.717, 1.165) is 22.3 Å². The van der Waals surface area contributed by atoms with Gasteiger partial charge in [0.1, 0.15) is 11.3 Å². The van der Waals surface area contributed by atoms with Crippen LogP contribution in [-0.2, 0) is 9.63 Å². The van der Waals surface area contributed by atoms with Crippen LogP contribution >= 0.6 is 0 Å². The van der Waals surface area contributed by atoms with Crippen molar-refractivity contribution in [2.45, 2.75) is 32.2 Å². The van der Waals surface area contributed by atoms with Gasteiger partial charge in [0.2, 0.25) is 0 Å². The smallest absolute Gasteiger partial charge is 0.256 e. The van der Waals surface area contributed by atoms with Crippen LogP contribution in [0.3, 0.4) is 0 Å². The number of aliphatic hydroxyl groups is 1. The first kappa shape index (κ1) is 16.7. The van der Waals surface area contributed by atoms with Crippen molar-refractivity contribution in [3.8, 4) is 0 Å². The van der Waals surface area contributed by atoms with Gasteiger partial charge >= 0.3 is 0 Å². The SMILES string of the molecule is C=Cc1cc(C)cc(C)c1C1=C(O)C2(CCN(OC)CC2)NC1=O. The number of benzene rings is 1. The number of rotatable bonds is 3. The topological polar surface area (TPSA) is 61.8 Å². The van der Waals surface area contributed by atoms with E-state index < -0.39 is 5.54 Å². The van der Waals surface area contributed by atoms with Crippen LogP contribution in [0.2, 0.25) is 0 Å². The summed E-state index contributed by atoms with van der Waals surface area (Å²) < 4.78 is 0. The zero-order valence-corrected chi connectivity index (χ0v) is 14.5. The first-order valence-corrected chi connectivity index (χ1v) is 8.21. The van der Waals surface area contributed by atoms with Crippen molar-refractivity contribution in [1.82, 2.24) is 10.4 Å². The molecule has 0 unspecified atom stereocenters. The maximum Gasteiger partial charge on any atom is 0.256 e. The average molecular weight is 328 g/mol. The van der Waals surface area contributed by atoms with Gasteiger partial charge in [-0.15, -0.1) is 0 Å². The minimum Gasteiger partial charge on any atom is -0.509 e. The Kier molecular flexibility index (Phi) is 4.24. The number of hydroxylamine groups is 2. The van der Waals surface area contributed by atoms with Crippen molar-refractivity contribution in [1.29, 1.82) is 0 Å². The van der Waals surface area contributed by atoms with Crippen molar-refractivity contribution >= 4 is 17.6 Å². The van der Waals surface area contributed by atoms with Gasteiger partial charge in [-0.2, -0.15) is 5.06 Å². The van der Waals surface area contributed by atoms with E-state index in [1.165, 1.54) is 0 Å². The van der Waals surface area contributed by atoms with E-state index in [4.69, 9.17) is 4.84 Å². The standard InChI is InChI=1S/C19H24N2O3/c1-5-14-11-12(2)10-13(3)15(14)16-17(22)19(20-18(16)23)6-8-21(24-4)9-7-19/h5,10-11,22H,1,6-9H2,2-4H3,(H,20,23). The van der Waals surface area contributed by atoms with Crippen LogP contribution in [0.4, 0.5) is 0 Å². The van der Waals surface area contributed by atoms with Gasteiger partial charge in [-0.05, 0) is 37.8 Å². The van der Waals surface area contributed by atoms with Gasteiger partial charge in [-0.1, -0.05) is 30.4 Å². The van der Waals surface area contributed by atoms with Crippen LogP contribution < -0.4 is 5.32 Å². The molecule has 128 valence electrons. The van der Waals surface area contributed by atoms with Gasteiger partial charge in [0, 0.05) is 18.7 Å². The molecule has 5 heteroatoms. The monoisotopic (exact) mass is 328 g/mol. The molecule has 0 radical (unpaired) electrons. The van der Waals surface area contributed by atoms with Crippen LogP contribution in [0.15, 0.2) is 24.5 Å². The highest BCUT2D eigenvalue weighted by atomic mass is 16.7. The Balaban J connectivity index is 2.08. The molecule has 0 aliphatic carbocycles. The van der Waals surface area contributed by atoms with Gasteiger partial charge in [0.25, 0.3) is 5.91 Å². The Bertz CT molecular complexity index is 728. The van der Waals surface area contributed by atoms with Crippen molar-refractivity contribution in [3.05, 3.63) is 46.7 Å². The summed E-state index contributed by atoms with van der Waals surface area (Å²) >= 11 is 0. The molecule has 0 bridgehead atoms. The molecule has 2 aliphatic heterocycles. The number of carbonyl (C=O) groups is 1. The van der Waals surface area contributed by atoms with E-state index >= 15 is 0 Å². The molecule has 5 nitrogen and oxygen atoms in total. The zero-order valence-electron chi connectivity index (χ0n) is 14.5. The molecule has 0 atom stereocenters. The fourth-order valence-electron chi connectivity index (χ4n) is 3.83. The number of amides is 1. The average Bonchev–Trinajstić information content (AvgIpc) is 2.79. The van der Waals surface area contributed by atoms with Crippen LogP contribution in [0.1, 0.15) is 35.1 Å². The lowest BCUT2D eigenvalue weighted by atomic mass is 9.85. The third-order valence-corrected chi connectivity index (χ3v) is 5.08. The molecular formula is C19H24N2O3. The normalized spacial score (nSPS) is 20.5. The lowest BCUT2D eigenvalue weighted by Crippen LogP contribution is -2.52. The molecule has 1 saturated heterocycles. The predicted octanol–water partition coefficient (Wildman–Crippen LogP) is 2.74. The summed E-state index contributed by atoms with van der Waals surface area (Å²) in [7, 11) is 1.64. The molecule has 1 aromatic carbocycles. The minimum absolute atomic E-state index is 0.151. The van der Waals surface area contributed by atoms with Crippen LogP contribution in [0.25, 0.3) is 11.6 Å². The Labute approximate surface area is 142 Å². The number of nitrogens with zero attached hydrogens (tertiary/aromatic N) is 1. The molecule has 2 aliphatic rings. The summed E-state index contributed by atoms with van der Waals surface area (Å²) in [6.07, 6.45) is 2.98. The number of hydrogen-bond acceptors (Lipinski definition) is 4. The van der Waals surface area contributed by atoms with Crippen molar-refractivity contribution in [2.75, 3.05) is 20.2 Å². The number of aryl methyl sites for hydroxylation is 2. The highest BCUT2D eigenvalue weighted by Crippen LogP contribution is 2.40. The number of carbonyl (C=O) groups excluding carboxylic acids is 1. The molecule has 1 aromatic rings. The Morgan fingerprint density at radius 1 is 1.33 bits per heavy atom. The largest absolute Gasteiger partial charge is 0.509 e. The molecule has 3 rings (SSSR count). The number of nitrogens with one attached hydrogen (secondary N) is 1. The summed E-state index contributed by atoms with van der Waals surface area (Å²) in [5.74, 6) is -0.0632. The molecule has 2 heterocycles. The van der Waals surface area contributed by atoms with E-state index in [0.29, 0.717) is 31.5 Å². The number of hydrogen-bond donors (Lipinski definition) is 2. The van der Waals surface area contributed by atoms with Crippen molar-refractivity contribution < 1.29 is 14.7 Å². The third kappa shape index (κ3) is 2.54. The molecular weight excluding hydrogens is 304 g/mol. The summed E-state index contributed by atoms with van der Waals surface area (Å²) in [5, 5.41) is 15.8. The van der Waals surface area contributed by atoms with Crippen molar-refractivity contribution in [3.63, 3.8) is 0 Å². The molecule has 1 spiro atoms. The number of piperidine rings is 1. The van der Waals surface area contributed by atoms with E-state index in [1.54, 1.807) is 13.2 Å².